The van der Waals surface area contributed by atoms with E-state index < -0.39 is 10.8 Å². The molecule has 1 aliphatic heterocycles. The Hall–Kier alpha value is -0.320. The highest BCUT2D eigenvalue weighted by molar-refractivity contribution is 8.00. The van der Waals surface area contributed by atoms with Crippen LogP contribution in [-0.2, 0) is 10.8 Å². The molecule has 2 rings (SSSR count). The Labute approximate surface area is 104 Å². The summed E-state index contributed by atoms with van der Waals surface area (Å²) in [5.74, 6) is 3.30. The third kappa shape index (κ3) is 3.92. The maximum Gasteiger partial charge on any atom is 0.0329 e. The van der Waals surface area contributed by atoms with Crippen LogP contribution in [0.3, 0.4) is 0 Å². The summed E-state index contributed by atoms with van der Waals surface area (Å²) in [6.45, 7) is 2.11. The quantitative estimate of drug-likeness (QED) is 0.785. The molecule has 1 aromatic carbocycles. The summed E-state index contributed by atoms with van der Waals surface area (Å²) in [6.07, 6.45) is 0. The summed E-state index contributed by atoms with van der Waals surface area (Å²) in [5.41, 5.74) is 0. The Morgan fingerprint density at radius 3 is 2.69 bits per heavy atom. The summed E-state index contributed by atoms with van der Waals surface area (Å²) in [4.78, 5) is 1.27. The molecule has 1 unspecified atom stereocenters. The van der Waals surface area contributed by atoms with Crippen LogP contribution in [0.5, 0.6) is 0 Å². The Kier molecular flexibility index (Phi) is 4.88. The van der Waals surface area contributed by atoms with Crippen molar-refractivity contribution in [1.29, 1.82) is 0 Å². The van der Waals surface area contributed by atoms with Crippen LogP contribution in [0.2, 0.25) is 0 Å². The summed E-state index contributed by atoms with van der Waals surface area (Å²) in [6, 6.07) is 10.3. The van der Waals surface area contributed by atoms with Gasteiger partial charge in [0.2, 0.25) is 0 Å². The van der Waals surface area contributed by atoms with E-state index in [9.17, 15) is 4.21 Å². The van der Waals surface area contributed by atoms with Crippen LogP contribution >= 0.6 is 11.8 Å². The predicted octanol–water partition coefficient (Wildman–Crippen LogP) is 1.75. The molecule has 1 N–H and O–H groups in total. The molecule has 1 aliphatic rings. The van der Waals surface area contributed by atoms with Crippen molar-refractivity contribution < 1.29 is 4.21 Å². The second-order valence-corrected chi connectivity index (χ2v) is 6.79. The third-order valence-corrected chi connectivity index (χ3v) is 5.39. The first-order chi connectivity index (χ1) is 7.84. The minimum atomic E-state index is -0.633. The van der Waals surface area contributed by atoms with Gasteiger partial charge in [-0.25, -0.2) is 0 Å². The topological polar surface area (TPSA) is 29.1 Å². The Bertz CT molecular complexity index is 338. The predicted molar refractivity (Wildman–Crippen MR) is 71.4 cm³/mol. The fourth-order valence-electron chi connectivity index (χ4n) is 1.58. The molecule has 16 heavy (non-hydrogen) atoms. The number of rotatable bonds is 6. The average Bonchev–Trinajstić information content (AvgIpc) is 2.25. The molecular weight excluding hydrogens is 238 g/mol. The molecule has 1 fully saturated rings. The molecule has 1 atom stereocenters. The molecule has 1 heterocycles. The van der Waals surface area contributed by atoms with Gasteiger partial charge in [-0.05, 0) is 18.1 Å². The number of nitrogens with one attached hydrogen (secondary N) is 1. The Morgan fingerprint density at radius 1 is 1.31 bits per heavy atom. The number of hydrogen-bond donors (Lipinski definition) is 1. The summed E-state index contributed by atoms with van der Waals surface area (Å²) in [5, 5.41) is 3.21. The first-order valence-corrected chi connectivity index (χ1v) is 8.05. The van der Waals surface area contributed by atoms with Crippen LogP contribution in [0.25, 0.3) is 0 Å². The van der Waals surface area contributed by atoms with Gasteiger partial charge in [-0.1, -0.05) is 18.2 Å². The molecule has 0 amide bonds. The second-order valence-electron chi connectivity index (χ2n) is 4.00. The zero-order valence-electron chi connectivity index (χ0n) is 9.22. The molecule has 88 valence electrons. The molecule has 0 aromatic heterocycles. The van der Waals surface area contributed by atoms with E-state index >= 15 is 0 Å². The van der Waals surface area contributed by atoms with Crippen molar-refractivity contribution in [2.24, 2.45) is 5.92 Å². The van der Waals surface area contributed by atoms with Gasteiger partial charge < -0.3 is 5.32 Å². The lowest BCUT2D eigenvalue weighted by atomic mass is 10.1. The van der Waals surface area contributed by atoms with Gasteiger partial charge in [0, 0.05) is 46.0 Å². The fourth-order valence-corrected chi connectivity index (χ4v) is 4.17. The van der Waals surface area contributed by atoms with Crippen LogP contribution in [-0.4, -0.2) is 34.6 Å². The van der Waals surface area contributed by atoms with Gasteiger partial charge in [0.15, 0.2) is 0 Å². The Morgan fingerprint density at radius 2 is 2.06 bits per heavy atom. The van der Waals surface area contributed by atoms with Gasteiger partial charge in [-0.2, -0.15) is 0 Å². The molecule has 4 heteroatoms. The highest BCUT2D eigenvalue weighted by Gasteiger charge is 2.18. The SMILES string of the molecule is O=S(CCSc1ccccc1)CC1CNC1. The van der Waals surface area contributed by atoms with Gasteiger partial charge in [-0.3, -0.25) is 4.21 Å². The monoisotopic (exact) mass is 255 g/mol. The number of hydrogen-bond acceptors (Lipinski definition) is 3. The van der Waals surface area contributed by atoms with Gasteiger partial charge in [-0.15, -0.1) is 11.8 Å². The van der Waals surface area contributed by atoms with Crippen molar-refractivity contribution in [2.75, 3.05) is 30.3 Å². The maximum absolute atomic E-state index is 11.7. The van der Waals surface area contributed by atoms with E-state index in [1.165, 1.54) is 4.90 Å². The van der Waals surface area contributed by atoms with Crippen molar-refractivity contribution in [3.05, 3.63) is 30.3 Å². The number of thioether (sulfide) groups is 1. The molecule has 0 bridgehead atoms. The molecular formula is C12H17NOS2. The highest BCUT2D eigenvalue weighted by Crippen LogP contribution is 2.17. The number of benzene rings is 1. The van der Waals surface area contributed by atoms with Crippen LogP contribution in [0, 0.1) is 5.92 Å². The minimum Gasteiger partial charge on any atom is -0.316 e. The molecule has 0 radical (unpaired) electrons. The van der Waals surface area contributed by atoms with Crippen molar-refractivity contribution in [1.82, 2.24) is 5.32 Å². The van der Waals surface area contributed by atoms with Crippen LogP contribution < -0.4 is 5.32 Å². The van der Waals surface area contributed by atoms with Gasteiger partial charge in [0.25, 0.3) is 0 Å². The van der Waals surface area contributed by atoms with E-state index in [1.54, 1.807) is 11.8 Å². The Balaban J connectivity index is 1.62. The smallest absolute Gasteiger partial charge is 0.0329 e. The molecule has 0 aliphatic carbocycles. The zero-order valence-corrected chi connectivity index (χ0v) is 10.9. The molecule has 1 saturated heterocycles. The van der Waals surface area contributed by atoms with E-state index in [4.69, 9.17) is 0 Å². The van der Waals surface area contributed by atoms with Crippen LogP contribution in [0.1, 0.15) is 0 Å². The van der Waals surface area contributed by atoms with Crippen molar-refractivity contribution in [3.8, 4) is 0 Å². The van der Waals surface area contributed by atoms with Gasteiger partial charge in [0.05, 0.1) is 0 Å². The highest BCUT2D eigenvalue weighted by atomic mass is 32.2. The lowest BCUT2D eigenvalue weighted by Crippen LogP contribution is -2.45. The lowest BCUT2D eigenvalue weighted by Gasteiger charge is -2.26. The van der Waals surface area contributed by atoms with E-state index in [2.05, 4.69) is 17.4 Å². The lowest BCUT2D eigenvalue weighted by molar-refractivity contribution is 0.382. The van der Waals surface area contributed by atoms with Gasteiger partial charge in [0.1, 0.15) is 0 Å². The minimum absolute atomic E-state index is 0.633. The fraction of sp³-hybridized carbons (Fsp3) is 0.500. The van der Waals surface area contributed by atoms with Crippen molar-refractivity contribution >= 4 is 22.6 Å². The standard InChI is InChI=1S/C12H17NOS2/c14-16(10-11-8-13-9-11)7-6-15-12-4-2-1-3-5-12/h1-5,11,13H,6-10H2. The van der Waals surface area contributed by atoms with E-state index in [0.29, 0.717) is 5.92 Å². The molecule has 0 spiro atoms. The van der Waals surface area contributed by atoms with Crippen LogP contribution in [0.15, 0.2) is 35.2 Å². The zero-order chi connectivity index (χ0) is 11.2. The summed E-state index contributed by atoms with van der Waals surface area (Å²) in [7, 11) is -0.633. The first kappa shape index (κ1) is 12.1. The normalized spacial score (nSPS) is 18.0. The van der Waals surface area contributed by atoms with Crippen LogP contribution in [0.4, 0.5) is 0 Å². The van der Waals surface area contributed by atoms with Gasteiger partial charge >= 0.3 is 0 Å². The summed E-state index contributed by atoms with van der Waals surface area (Å²) >= 11 is 1.79. The first-order valence-electron chi connectivity index (χ1n) is 5.58. The van der Waals surface area contributed by atoms with Crippen molar-refractivity contribution in [3.63, 3.8) is 0 Å². The van der Waals surface area contributed by atoms with Crippen molar-refractivity contribution in [2.45, 2.75) is 4.90 Å². The average molecular weight is 255 g/mol. The van der Waals surface area contributed by atoms with E-state index in [-0.39, 0.29) is 0 Å². The molecule has 2 nitrogen and oxygen atoms in total. The second kappa shape index (κ2) is 6.42. The molecule has 0 saturated carbocycles. The summed E-state index contributed by atoms with van der Waals surface area (Å²) < 4.78 is 11.7. The molecule has 1 aromatic rings. The maximum atomic E-state index is 11.7. The largest absolute Gasteiger partial charge is 0.316 e. The van der Waals surface area contributed by atoms with E-state index in [0.717, 1.165) is 30.3 Å². The third-order valence-electron chi connectivity index (χ3n) is 2.61. The van der Waals surface area contributed by atoms with E-state index in [1.807, 2.05) is 18.2 Å².